The van der Waals surface area contributed by atoms with E-state index in [0.29, 0.717) is 0 Å². The molecule has 0 atom stereocenters. The van der Waals surface area contributed by atoms with E-state index in [1.54, 1.807) is 14.2 Å². The molecule has 0 bridgehead atoms. The number of hydrogen-bond donors (Lipinski definition) is 2. The zero-order valence-corrected chi connectivity index (χ0v) is 36.8. The molecule has 2 N–H and O–H groups in total. The van der Waals surface area contributed by atoms with Gasteiger partial charge in [-0.3, -0.25) is 0 Å². The molecule has 2 heterocycles. The van der Waals surface area contributed by atoms with Crippen LogP contribution in [-0.2, 0) is 0 Å². The van der Waals surface area contributed by atoms with Crippen molar-refractivity contribution in [1.82, 2.24) is 9.97 Å². The van der Waals surface area contributed by atoms with Crippen molar-refractivity contribution < 1.29 is 9.47 Å². The van der Waals surface area contributed by atoms with Crippen molar-refractivity contribution in [3.8, 4) is 78.3 Å². The molecule has 0 saturated heterocycles. The van der Waals surface area contributed by atoms with Crippen LogP contribution in [0.25, 0.3) is 110 Å². The molecule has 0 amide bonds. The summed E-state index contributed by atoms with van der Waals surface area (Å²) in [7, 11) is 3.41. The maximum absolute atomic E-state index is 5.42. The topological polar surface area (TPSA) is 50.0 Å². The molecule has 2 aromatic heterocycles. The lowest BCUT2D eigenvalue weighted by atomic mass is 9.87. The number of para-hydroxylation sites is 2. The van der Waals surface area contributed by atoms with E-state index >= 15 is 0 Å². The smallest absolute Gasteiger partial charge is 0.118 e. The number of hydrogen-bond acceptors (Lipinski definition) is 2. The molecule has 66 heavy (non-hydrogen) atoms. The molecule has 0 unspecified atom stereocenters. The number of rotatable bonds is 8. The van der Waals surface area contributed by atoms with E-state index in [-0.39, 0.29) is 0 Å². The Morgan fingerprint density at radius 2 is 0.591 bits per heavy atom. The summed E-state index contributed by atoms with van der Waals surface area (Å²) in [6.07, 6.45) is 0. The normalized spacial score (nSPS) is 11.2. The first-order valence-corrected chi connectivity index (χ1v) is 22.3. The van der Waals surface area contributed by atoms with Gasteiger partial charge in [0.2, 0.25) is 0 Å². The largest absolute Gasteiger partial charge is 0.497 e. The van der Waals surface area contributed by atoms with Crippen LogP contribution in [0.4, 0.5) is 0 Å². The molecular weight excluding hydrogens is 805 g/mol. The molecule has 0 spiro atoms. The Bertz CT molecular complexity index is 3370. The van der Waals surface area contributed by atoms with Crippen molar-refractivity contribution in [3.05, 3.63) is 231 Å². The summed E-state index contributed by atoms with van der Waals surface area (Å²) in [6.45, 7) is 0. The minimum Gasteiger partial charge on any atom is -0.497 e. The number of nitrogens with one attached hydrogen (secondary N) is 2. The summed E-state index contributed by atoms with van der Waals surface area (Å²) in [4.78, 5) is 7.53. The number of methoxy groups -OCH3 is 2. The average molecular weight is 851 g/mol. The third-order valence-electron chi connectivity index (χ3n) is 12.7. The maximum atomic E-state index is 5.42. The Morgan fingerprint density at radius 3 is 0.924 bits per heavy atom. The van der Waals surface area contributed by atoms with Crippen LogP contribution in [0.3, 0.4) is 0 Å². The van der Waals surface area contributed by atoms with Crippen molar-refractivity contribution in [1.29, 1.82) is 0 Å². The van der Waals surface area contributed by atoms with Gasteiger partial charge >= 0.3 is 0 Å². The lowest BCUT2D eigenvalue weighted by Crippen LogP contribution is -1.91. The molecule has 316 valence electrons. The second kappa shape index (κ2) is 17.5. The van der Waals surface area contributed by atoms with Gasteiger partial charge in [0.25, 0.3) is 0 Å². The SMILES string of the molecule is COc1ccc(-c2c(-c3ccccc3)cc(-c3ccccc3)c3c2[nH]c2ccccc23)cc1.COc1ccc(-c2c(-c3ccccc3)cc(-c3ccccc3)c3c2[nH]c2ccccc23)cc1. The highest BCUT2D eigenvalue weighted by molar-refractivity contribution is 6.22. The molecule has 12 aromatic rings. The summed E-state index contributed by atoms with van der Waals surface area (Å²) >= 11 is 0. The minimum atomic E-state index is 0.855. The lowest BCUT2D eigenvalue weighted by molar-refractivity contribution is 0.415. The molecule has 4 nitrogen and oxygen atoms in total. The molecule has 10 aromatic carbocycles. The van der Waals surface area contributed by atoms with Gasteiger partial charge in [-0.15, -0.1) is 0 Å². The van der Waals surface area contributed by atoms with Crippen molar-refractivity contribution >= 4 is 43.6 Å². The van der Waals surface area contributed by atoms with E-state index in [4.69, 9.17) is 9.47 Å². The van der Waals surface area contributed by atoms with Gasteiger partial charge in [0.05, 0.1) is 25.3 Å². The fourth-order valence-corrected chi connectivity index (χ4v) is 9.56. The molecular formula is C62H46N2O2. The molecule has 4 heteroatoms. The van der Waals surface area contributed by atoms with E-state index in [9.17, 15) is 0 Å². The Kier molecular flexibility index (Phi) is 10.7. The predicted octanol–water partition coefficient (Wildman–Crippen LogP) is 16.7. The fraction of sp³-hybridized carbons (Fsp3) is 0.0323. The summed E-state index contributed by atoms with van der Waals surface area (Å²) in [6, 6.07) is 81.2. The Labute approximate surface area is 384 Å². The van der Waals surface area contributed by atoms with Crippen molar-refractivity contribution in [2.75, 3.05) is 14.2 Å². The van der Waals surface area contributed by atoms with Gasteiger partial charge in [-0.2, -0.15) is 0 Å². The second-order valence-corrected chi connectivity index (χ2v) is 16.5. The van der Waals surface area contributed by atoms with E-state index < -0.39 is 0 Å². The number of fused-ring (bicyclic) bond motifs is 6. The van der Waals surface area contributed by atoms with Gasteiger partial charge < -0.3 is 19.4 Å². The second-order valence-electron chi connectivity index (χ2n) is 16.5. The predicted molar refractivity (Wildman–Crippen MR) is 277 cm³/mol. The van der Waals surface area contributed by atoms with Gasteiger partial charge in [-0.05, 0) is 104 Å². The average Bonchev–Trinajstić information content (AvgIpc) is 3.99. The molecule has 0 aliphatic heterocycles. The van der Waals surface area contributed by atoms with Gasteiger partial charge in [0, 0.05) is 43.7 Å². The van der Waals surface area contributed by atoms with Crippen molar-refractivity contribution in [2.24, 2.45) is 0 Å². The highest BCUT2D eigenvalue weighted by Crippen LogP contribution is 2.47. The Morgan fingerprint density at radius 1 is 0.288 bits per heavy atom. The molecule has 12 rings (SSSR count). The minimum absolute atomic E-state index is 0.855. The van der Waals surface area contributed by atoms with Crippen LogP contribution in [0.5, 0.6) is 11.5 Å². The van der Waals surface area contributed by atoms with E-state index in [0.717, 1.165) is 44.7 Å². The summed E-state index contributed by atoms with van der Waals surface area (Å²) in [5.74, 6) is 1.71. The highest BCUT2D eigenvalue weighted by Gasteiger charge is 2.22. The molecule has 0 radical (unpaired) electrons. The van der Waals surface area contributed by atoms with Gasteiger partial charge in [0.15, 0.2) is 0 Å². The van der Waals surface area contributed by atoms with Gasteiger partial charge in [0.1, 0.15) is 11.5 Å². The van der Waals surface area contributed by atoms with Crippen LogP contribution in [-0.4, -0.2) is 24.2 Å². The van der Waals surface area contributed by atoms with E-state index in [2.05, 4.69) is 216 Å². The highest BCUT2D eigenvalue weighted by atomic mass is 16.5. The van der Waals surface area contributed by atoms with Crippen LogP contribution in [0.2, 0.25) is 0 Å². The zero-order valence-electron chi connectivity index (χ0n) is 36.8. The van der Waals surface area contributed by atoms with Crippen molar-refractivity contribution in [2.45, 2.75) is 0 Å². The van der Waals surface area contributed by atoms with Gasteiger partial charge in [-0.1, -0.05) is 182 Å². The number of aromatic nitrogens is 2. The lowest BCUT2D eigenvalue weighted by Gasteiger charge is -2.16. The first-order valence-electron chi connectivity index (χ1n) is 22.3. The van der Waals surface area contributed by atoms with Crippen molar-refractivity contribution in [3.63, 3.8) is 0 Å². The number of benzene rings is 10. The fourth-order valence-electron chi connectivity index (χ4n) is 9.56. The standard InChI is InChI=1S/2C31H23NO/c2*1-33-24-18-16-23(17-19-24)29-26(21-10-4-2-5-11-21)20-27(22-12-6-3-7-13-22)30-25-14-8-9-15-28(25)32-31(29)30/h2*2-20,32H,1H3. The summed E-state index contributed by atoms with van der Waals surface area (Å²) in [5.41, 5.74) is 19.0. The Hall–Kier alpha value is -8.60. The molecule has 0 aliphatic carbocycles. The summed E-state index contributed by atoms with van der Waals surface area (Å²) in [5, 5.41) is 4.98. The molecule has 0 fully saturated rings. The molecule has 0 aliphatic rings. The van der Waals surface area contributed by atoms with Crippen LogP contribution in [0.15, 0.2) is 231 Å². The van der Waals surface area contributed by atoms with Crippen LogP contribution in [0, 0.1) is 0 Å². The quantitative estimate of drug-likeness (QED) is 0.160. The first kappa shape index (κ1) is 40.2. The third-order valence-corrected chi connectivity index (χ3v) is 12.7. The summed E-state index contributed by atoms with van der Waals surface area (Å²) < 4.78 is 10.8. The van der Waals surface area contributed by atoms with Crippen LogP contribution >= 0.6 is 0 Å². The zero-order chi connectivity index (χ0) is 44.4. The Balaban J connectivity index is 0.000000146. The first-order chi connectivity index (χ1) is 32.7. The van der Waals surface area contributed by atoms with Gasteiger partial charge in [-0.25, -0.2) is 0 Å². The monoisotopic (exact) mass is 850 g/mol. The third kappa shape index (κ3) is 7.35. The van der Waals surface area contributed by atoms with Crippen LogP contribution in [0.1, 0.15) is 0 Å². The maximum Gasteiger partial charge on any atom is 0.118 e. The van der Waals surface area contributed by atoms with E-state index in [1.807, 2.05) is 24.3 Å². The van der Waals surface area contributed by atoms with E-state index in [1.165, 1.54) is 77.2 Å². The number of H-pyrrole nitrogens is 2. The van der Waals surface area contributed by atoms with Crippen LogP contribution < -0.4 is 9.47 Å². The molecule has 0 saturated carbocycles. The number of ether oxygens (including phenoxy) is 2. The number of aromatic amines is 2.